The molecule has 7 heteroatoms. The van der Waals surface area contributed by atoms with Crippen molar-refractivity contribution in [2.24, 2.45) is 4.99 Å². The van der Waals surface area contributed by atoms with Gasteiger partial charge in [0.15, 0.2) is 5.96 Å². The minimum Gasteiger partial charge on any atom is -0.379 e. The summed E-state index contributed by atoms with van der Waals surface area (Å²) in [7, 11) is 0. The molecule has 0 unspecified atom stereocenters. The van der Waals surface area contributed by atoms with Crippen molar-refractivity contribution < 1.29 is 9.53 Å². The smallest absolute Gasteiger partial charge is 0.219 e. The summed E-state index contributed by atoms with van der Waals surface area (Å²) in [6.07, 6.45) is 0. The molecule has 0 atom stereocenters. The van der Waals surface area contributed by atoms with E-state index >= 15 is 0 Å². The van der Waals surface area contributed by atoms with Crippen molar-refractivity contribution in [3.8, 4) is 0 Å². The molecular weight excluding hydrogens is 354 g/mol. The third-order valence-electron chi connectivity index (χ3n) is 5.30. The van der Waals surface area contributed by atoms with Gasteiger partial charge in [0.2, 0.25) is 5.91 Å². The third-order valence-corrected chi connectivity index (χ3v) is 5.30. The van der Waals surface area contributed by atoms with Gasteiger partial charge in [-0.25, -0.2) is 4.99 Å². The largest absolute Gasteiger partial charge is 0.379 e. The summed E-state index contributed by atoms with van der Waals surface area (Å²) in [6.45, 7) is 13.1. The van der Waals surface area contributed by atoms with Crippen LogP contribution in [0, 0.1) is 0 Å². The van der Waals surface area contributed by atoms with Crippen LogP contribution in [0.25, 0.3) is 0 Å². The number of amides is 1. The van der Waals surface area contributed by atoms with E-state index in [1.165, 1.54) is 11.1 Å². The van der Waals surface area contributed by atoms with Crippen LogP contribution in [-0.2, 0) is 22.6 Å². The zero-order chi connectivity index (χ0) is 19.8. The molecule has 28 heavy (non-hydrogen) atoms. The molecule has 2 fully saturated rings. The second-order valence-electron chi connectivity index (χ2n) is 7.37. The lowest BCUT2D eigenvalue weighted by molar-refractivity contribution is -0.130. The van der Waals surface area contributed by atoms with Gasteiger partial charge in [-0.2, -0.15) is 0 Å². The van der Waals surface area contributed by atoms with E-state index in [4.69, 9.17) is 9.73 Å². The predicted octanol–water partition coefficient (Wildman–Crippen LogP) is 1.15. The minimum absolute atomic E-state index is 0.152. The van der Waals surface area contributed by atoms with Crippen LogP contribution in [-0.4, -0.2) is 85.6 Å². The highest BCUT2D eigenvalue weighted by Crippen LogP contribution is 2.11. The number of carbonyl (C=O) groups is 1. The molecule has 1 N–H and O–H groups in total. The monoisotopic (exact) mass is 387 g/mol. The first kappa shape index (κ1) is 20.6. The van der Waals surface area contributed by atoms with Gasteiger partial charge in [0, 0.05) is 59.3 Å². The maximum atomic E-state index is 11.5. The third kappa shape index (κ3) is 5.94. The number of hydrogen-bond donors (Lipinski definition) is 1. The van der Waals surface area contributed by atoms with Crippen LogP contribution in [0.2, 0.25) is 0 Å². The fourth-order valence-electron chi connectivity index (χ4n) is 3.59. The number of nitrogens with one attached hydrogen (secondary N) is 1. The van der Waals surface area contributed by atoms with Crippen molar-refractivity contribution in [2.75, 3.05) is 59.0 Å². The van der Waals surface area contributed by atoms with Crippen LogP contribution in [0.5, 0.6) is 0 Å². The number of piperazine rings is 1. The van der Waals surface area contributed by atoms with Crippen molar-refractivity contribution in [3.63, 3.8) is 0 Å². The second kappa shape index (κ2) is 10.4. The fraction of sp³-hybridized carbons (Fsp3) is 0.619. The standard InChI is InChI=1S/C21H33N5O2/c1-3-22-21(26-10-8-25(9-11-26)18(2)27)23-16-19-4-6-20(7-5-19)17-24-12-14-28-15-13-24/h4-7H,3,8-17H2,1-2H3,(H,22,23). The number of carbonyl (C=O) groups excluding carboxylic acids is 1. The molecule has 154 valence electrons. The van der Waals surface area contributed by atoms with Gasteiger partial charge in [0.25, 0.3) is 0 Å². The molecule has 1 amide bonds. The molecule has 0 radical (unpaired) electrons. The van der Waals surface area contributed by atoms with E-state index in [0.717, 1.165) is 71.5 Å². The SMILES string of the molecule is CCNC(=NCc1ccc(CN2CCOCC2)cc1)N1CCN(C(C)=O)CC1. The van der Waals surface area contributed by atoms with Gasteiger partial charge < -0.3 is 19.9 Å². The van der Waals surface area contributed by atoms with E-state index in [0.29, 0.717) is 6.54 Å². The maximum Gasteiger partial charge on any atom is 0.219 e. The van der Waals surface area contributed by atoms with Crippen LogP contribution in [0.3, 0.4) is 0 Å². The van der Waals surface area contributed by atoms with Crippen LogP contribution < -0.4 is 5.32 Å². The number of rotatable bonds is 5. The minimum atomic E-state index is 0.152. The Morgan fingerprint density at radius 3 is 2.21 bits per heavy atom. The van der Waals surface area contributed by atoms with E-state index in [1.54, 1.807) is 6.92 Å². The Morgan fingerprint density at radius 1 is 1.00 bits per heavy atom. The Hall–Kier alpha value is -2.12. The van der Waals surface area contributed by atoms with Crippen molar-refractivity contribution in [3.05, 3.63) is 35.4 Å². The molecule has 0 bridgehead atoms. The average molecular weight is 388 g/mol. The Labute approximate surface area is 168 Å². The summed E-state index contributed by atoms with van der Waals surface area (Å²) < 4.78 is 5.41. The summed E-state index contributed by atoms with van der Waals surface area (Å²) in [5.74, 6) is 1.09. The summed E-state index contributed by atoms with van der Waals surface area (Å²) in [4.78, 5) is 22.9. The number of hydrogen-bond acceptors (Lipinski definition) is 4. The van der Waals surface area contributed by atoms with Gasteiger partial charge in [0.1, 0.15) is 0 Å². The number of nitrogens with zero attached hydrogens (tertiary/aromatic N) is 4. The van der Waals surface area contributed by atoms with Crippen LogP contribution in [0.15, 0.2) is 29.3 Å². The zero-order valence-electron chi connectivity index (χ0n) is 17.2. The fourth-order valence-corrected chi connectivity index (χ4v) is 3.59. The van der Waals surface area contributed by atoms with E-state index in [2.05, 4.69) is 46.3 Å². The molecule has 2 aliphatic heterocycles. The summed E-state index contributed by atoms with van der Waals surface area (Å²) in [5, 5.41) is 3.39. The topological polar surface area (TPSA) is 60.4 Å². The molecule has 2 aliphatic rings. The Kier molecular flexibility index (Phi) is 7.68. The first-order valence-corrected chi connectivity index (χ1v) is 10.3. The highest BCUT2D eigenvalue weighted by atomic mass is 16.5. The number of aliphatic imine (C=N–C) groups is 1. The van der Waals surface area contributed by atoms with Crippen molar-refractivity contribution in [1.82, 2.24) is 20.0 Å². The Morgan fingerprint density at radius 2 is 1.61 bits per heavy atom. The van der Waals surface area contributed by atoms with Crippen LogP contribution >= 0.6 is 0 Å². The van der Waals surface area contributed by atoms with E-state index < -0.39 is 0 Å². The molecule has 0 saturated carbocycles. The van der Waals surface area contributed by atoms with Gasteiger partial charge >= 0.3 is 0 Å². The molecule has 2 saturated heterocycles. The van der Waals surface area contributed by atoms with Crippen LogP contribution in [0.1, 0.15) is 25.0 Å². The summed E-state index contributed by atoms with van der Waals surface area (Å²) in [5.41, 5.74) is 2.55. The first-order valence-electron chi connectivity index (χ1n) is 10.3. The number of guanidine groups is 1. The van der Waals surface area contributed by atoms with E-state index in [-0.39, 0.29) is 5.91 Å². The normalized spacial score (nSPS) is 19.0. The van der Waals surface area contributed by atoms with Gasteiger partial charge in [-0.1, -0.05) is 24.3 Å². The lowest BCUT2D eigenvalue weighted by Gasteiger charge is -2.36. The van der Waals surface area contributed by atoms with Gasteiger partial charge in [0.05, 0.1) is 19.8 Å². The molecule has 0 aromatic heterocycles. The van der Waals surface area contributed by atoms with Crippen molar-refractivity contribution >= 4 is 11.9 Å². The molecule has 1 aromatic rings. The van der Waals surface area contributed by atoms with E-state index in [1.807, 2.05) is 4.90 Å². The molecule has 7 nitrogen and oxygen atoms in total. The summed E-state index contributed by atoms with van der Waals surface area (Å²) in [6, 6.07) is 8.77. The lowest BCUT2D eigenvalue weighted by Crippen LogP contribution is -2.53. The maximum absolute atomic E-state index is 11.5. The highest BCUT2D eigenvalue weighted by molar-refractivity contribution is 5.80. The highest BCUT2D eigenvalue weighted by Gasteiger charge is 2.20. The molecule has 0 spiro atoms. The molecule has 2 heterocycles. The zero-order valence-corrected chi connectivity index (χ0v) is 17.2. The average Bonchev–Trinajstić information content (AvgIpc) is 2.73. The van der Waals surface area contributed by atoms with Gasteiger partial charge in [-0.15, -0.1) is 0 Å². The number of benzene rings is 1. The Bertz CT molecular complexity index is 647. The number of ether oxygens (including phenoxy) is 1. The molecule has 3 rings (SSSR count). The predicted molar refractivity (Wildman–Crippen MR) is 111 cm³/mol. The van der Waals surface area contributed by atoms with Gasteiger partial charge in [-0.05, 0) is 18.1 Å². The lowest BCUT2D eigenvalue weighted by atomic mass is 10.1. The Balaban J connectivity index is 1.54. The van der Waals surface area contributed by atoms with E-state index in [9.17, 15) is 4.79 Å². The van der Waals surface area contributed by atoms with Crippen molar-refractivity contribution in [2.45, 2.75) is 26.9 Å². The summed E-state index contributed by atoms with van der Waals surface area (Å²) >= 11 is 0. The molecular formula is C21H33N5O2. The number of morpholine rings is 1. The molecule has 1 aromatic carbocycles. The van der Waals surface area contributed by atoms with Crippen LogP contribution in [0.4, 0.5) is 0 Å². The van der Waals surface area contributed by atoms with Crippen molar-refractivity contribution in [1.29, 1.82) is 0 Å². The molecule has 0 aliphatic carbocycles. The first-order chi connectivity index (χ1) is 13.7. The quantitative estimate of drug-likeness (QED) is 0.607. The van der Waals surface area contributed by atoms with Gasteiger partial charge in [-0.3, -0.25) is 9.69 Å². The second-order valence-corrected chi connectivity index (χ2v) is 7.37.